The van der Waals surface area contributed by atoms with Crippen molar-refractivity contribution in [1.29, 1.82) is 0 Å². The molecule has 200 valence electrons. The van der Waals surface area contributed by atoms with Gasteiger partial charge < -0.3 is 29.2 Å². The molecule has 0 saturated carbocycles. The summed E-state index contributed by atoms with van der Waals surface area (Å²) < 4.78 is 23.2. The van der Waals surface area contributed by atoms with Crippen LogP contribution in [-0.2, 0) is 4.74 Å². The standard InChI is InChI=1S/C29H28N4O6/c1-36-23-12-10-22(11-13-23)33-29(35)27(26(19-30-33)39-25-5-3-4-24(18-25)37-2)31-21-8-6-20(7-9-21)28(34)32-14-16-38-17-15-32/h3-13,18-19,31H,14-17H2,1-2H3. The van der Waals surface area contributed by atoms with E-state index in [9.17, 15) is 9.59 Å². The van der Waals surface area contributed by atoms with Gasteiger partial charge in [-0.2, -0.15) is 9.78 Å². The fraction of sp³-hybridized carbons (Fsp3) is 0.207. The third-order valence-electron chi connectivity index (χ3n) is 6.23. The molecule has 39 heavy (non-hydrogen) atoms. The molecule has 0 unspecified atom stereocenters. The summed E-state index contributed by atoms with van der Waals surface area (Å²) in [6, 6.07) is 21.0. The fourth-order valence-corrected chi connectivity index (χ4v) is 4.12. The molecule has 1 N–H and O–H groups in total. The maximum Gasteiger partial charge on any atom is 0.299 e. The van der Waals surface area contributed by atoms with Crippen LogP contribution in [0.15, 0.2) is 83.8 Å². The first-order chi connectivity index (χ1) is 19.1. The molecule has 0 atom stereocenters. The number of amides is 1. The summed E-state index contributed by atoms with van der Waals surface area (Å²) in [5.41, 5.74) is 1.47. The van der Waals surface area contributed by atoms with Gasteiger partial charge in [0.2, 0.25) is 0 Å². The minimum atomic E-state index is -0.422. The van der Waals surface area contributed by atoms with Crippen molar-refractivity contribution >= 4 is 17.3 Å². The van der Waals surface area contributed by atoms with Crippen LogP contribution < -0.4 is 25.1 Å². The summed E-state index contributed by atoms with van der Waals surface area (Å²) in [5, 5.41) is 7.51. The molecule has 10 nitrogen and oxygen atoms in total. The molecule has 10 heteroatoms. The van der Waals surface area contributed by atoms with Crippen molar-refractivity contribution in [2.24, 2.45) is 0 Å². The normalized spacial score (nSPS) is 13.0. The molecule has 0 spiro atoms. The highest BCUT2D eigenvalue weighted by atomic mass is 16.5. The Morgan fingerprint density at radius 3 is 2.28 bits per heavy atom. The smallest absolute Gasteiger partial charge is 0.299 e. The second kappa shape index (κ2) is 11.7. The zero-order valence-corrected chi connectivity index (χ0v) is 21.6. The Morgan fingerprint density at radius 2 is 1.59 bits per heavy atom. The molecule has 5 rings (SSSR count). The minimum Gasteiger partial charge on any atom is -0.497 e. The van der Waals surface area contributed by atoms with Gasteiger partial charge in [0.1, 0.15) is 17.2 Å². The van der Waals surface area contributed by atoms with Crippen LogP contribution in [0.25, 0.3) is 5.69 Å². The Kier molecular flexibility index (Phi) is 7.74. The summed E-state index contributed by atoms with van der Waals surface area (Å²) in [6.07, 6.45) is 1.48. The first-order valence-electron chi connectivity index (χ1n) is 12.4. The van der Waals surface area contributed by atoms with Crippen molar-refractivity contribution < 1.29 is 23.7 Å². The van der Waals surface area contributed by atoms with Gasteiger partial charge in [0, 0.05) is 30.4 Å². The van der Waals surface area contributed by atoms with Crippen molar-refractivity contribution in [3.05, 3.63) is 94.9 Å². The number of benzene rings is 3. The number of carbonyl (C=O) groups excluding carboxylic acids is 1. The van der Waals surface area contributed by atoms with Gasteiger partial charge in [-0.3, -0.25) is 9.59 Å². The quantitative estimate of drug-likeness (QED) is 0.362. The van der Waals surface area contributed by atoms with E-state index < -0.39 is 5.56 Å². The van der Waals surface area contributed by atoms with E-state index in [4.69, 9.17) is 18.9 Å². The zero-order chi connectivity index (χ0) is 27.2. The fourth-order valence-electron chi connectivity index (χ4n) is 4.12. The van der Waals surface area contributed by atoms with E-state index in [-0.39, 0.29) is 17.3 Å². The Labute approximate surface area is 225 Å². The number of carbonyl (C=O) groups is 1. The number of morpholine rings is 1. The SMILES string of the molecule is COc1ccc(-n2ncc(Oc3cccc(OC)c3)c(Nc3ccc(C(=O)N4CCOCC4)cc3)c2=O)cc1. The zero-order valence-electron chi connectivity index (χ0n) is 21.6. The molecular formula is C29H28N4O6. The highest BCUT2D eigenvalue weighted by Crippen LogP contribution is 2.31. The third kappa shape index (κ3) is 5.86. The summed E-state index contributed by atoms with van der Waals surface area (Å²) in [4.78, 5) is 28.3. The molecule has 1 aliphatic rings. The Hall–Kier alpha value is -4.83. The average Bonchev–Trinajstić information content (AvgIpc) is 2.99. The highest BCUT2D eigenvalue weighted by Gasteiger charge is 2.19. The van der Waals surface area contributed by atoms with Gasteiger partial charge in [0.25, 0.3) is 11.5 Å². The maximum absolute atomic E-state index is 13.7. The molecule has 4 aromatic rings. The molecule has 1 aliphatic heterocycles. The van der Waals surface area contributed by atoms with Gasteiger partial charge in [0.05, 0.1) is 39.3 Å². The lowest BCUT2D eigenvalue weighted by Crippen LogP contribution is -2.40. The second-order valence-electron chi connectivity index (χ2n) is 8.69. The molecule has 3 aromatic carbocycles. The van der Waals surface area contributed by atoms with Gasteiger partial charge >= 0.3 is 0 Å². The first-order valence-corrected chi connectivity index (χ1v) is 12.4. The van der Waals surface area contributed by atoms with Gasteiger partial charge in [-0.1, -0.05) is 6.07 Å². The maximum atomic E-state index is 13.7. The monoisotopic (exact) mass is 528 g/mol. The number of nitrogens with one attached hydrogen (secondary N) is 1. The first kappa shape index (κ1) is 25.8. The van der Waals surface area contributed by atoms with Crippen molar-refractivity contribution in [2.75, 3.05) is 45.8 Å². The van der Waals surface area contributed by atoms with E-state index >= 15 is 0 Å². The summed E-state index contributed by atoms with van der Waals surface area (Å²) >= 11 is 0. The molecule has 1 aromatic heterocycles. The van der Waals surface area contributed by atoms with Gasteiger partial charge in [-0.25, -0.2) is 0 Å². The van der Waals surface area contributed by atoms with E-state index in [0.717, 1.165) is 0 Å². The van der Waals surface area contributed by atoms with Gasteiger partial charge in [-0.15, -0.1) is 0 Å². The van der Waals surface area contributed by atoms with Crippen LogP contribution in [0.5, 0.6) is 23.0 Å². The van der Waals surface area contributed by atoms with Crippen molar-refractivity contribution in [1.82, 2.24) is 14.7 Å². The average molecular weight is 529 g/mol. The number of hydrogen-bond acceptors (Lipinski definition) is 8. The lowest BCUT2D eigenvalue weighted by atomic mass is 10.1. The van der Waals surface area contributed by atoms with E-state index in [0.29, 0.717) is 60.5 Å². The number of aromatic nitrogens is 2. The number of rotatable bonds is 8. The van der Waals surface area contributed by atoms with Crippen LogP contribution in [0.2, 0.25) is 0 Å². The van der Waals surface area contributed by atoms with Gasteiger partial charge in [0.15, 0.2) is 11.4 Å². The Balaban J connectivity index is 1.47. The number of ether oxygens (including phenoxy) is 4. The molecule has 1 amide bonds. The Morgan fingerprint density at radius 1 is 0.897 bits per heavy atom. The number of nitrogens with zero attached hydrogens (tertiary/aromatic N) is 3. The Bertz CT molecular complexity index is 1500. The summed E-state index contributed by atoms with van der Waals surface area (Å²) in [7, 11) is 3.14. The van der Waals surface area contributed by atoms with Crippen molar-refractivity contribution in [2.45, 2.75) is 0 Å². The molecule has 1 saturated heterocycles. The van der Waals surface area contributed by atoms with E-state index in [1.165, 1.54) is 10.9 Å². The molecule has 1 fully saturated rings. The summed E-state index contributed by atoms with van der Waals surface area (Å²) in [6.45, 7) is 2.19. The van der Waals surface area contributed by atoms with E-state index in [1.807, 2.05) is 0 Å². The van der Waals surface area contributed by atoms with Crippen molar-refractivity contribution in [3.8, 4) is 28.7 Å². The van der Waals surface area contributed by atoms with Crippen molar-refractivity contribution in [3.63, 3.8) is 0 Å². The van der Waals surface area contributed by atoms with Crippen LogP contribution in [0.1, 0.15) is 10.4 Å². The third-order valence-corrected chi connectivity index (χ3v) is 6.23. The van der Waals surface area contributed by atoms with Gasteiger partial charge in [-0.05, 0) is 60.7 Å². The lowest BCUT2D eigenvalue weighted by Gasteiger charge is -2.26. The van der Waals surface area contributed by atoms with Crippen LogP contribution >= 0.6 is 0 Å². The minimum absolute atomic E-state index is 0.0577. The lowest BCUT2D eigenvalue weighted by molar-refractivity contribution is 0.0303. The molecule has 0 radical (unpaired) electrons. The molecule has 0 aliphatic carbocycles. The topological polar surface area (TPSA) is 104 Å². The van der Waals surface area contributed by atoms with Crippen LogP contribution in [0.3, 0.4) is 0 Å². The predicted octanol–water partition coefficient (Wildman–Crippen LogP) is 4.26. The van der Waals surface area contributed by atoms with E-state index in [2.05, 4.69) is 10.4 Å². The largest absolute Gasteiger partial charge is 0.497 e. The highest BCUT2D eigenvalue weighted by molar-refractivity contribution is 5.94. The van der Waals surface area contributed by atoms with E-state index in [1.54, 1.807) is 91.9 Å². The molecule has 2 heterocycles. The van der Waals surface area contributed by atoms with Crippen LogP contribution in [-0.4, -0.2) is 61.1 Å². The molecule has 0 bridgehead atoms. The number of hydrogen-bond donors (Lipinski definition) is 1. The number of anilines is 2. The van der Waals surface area contributed by atoms with Crippen LogP contribution in [0, 0.1) is 0 Å². The second-order valence-corrected chi connectivity index (χ2v) is 8.69. The summed E-state index contributed by atoms with van der Waals surface area (Å²) in [5.74, 6) is 1.92. The predicted molar refractivity (Wildman–Crippen MR) is 146 cm³/mol. The van der Waals surface area contributed by atoms with Crippen LogP contribution in [0.4, 0.5) is 11.4 Å². The molecular weight excluding hydrogens is 500 g/mol. The number of methoxy groups -OCH3 is 2.